The maximum Gasteiger partial charge on any atom is 0.303 e. The molecule has 2 rings (SSSR count). The summed E-state index contributed by atoms with van der Waals surface area (Å²) in [6, 6.07) is 3.21. The molecule has 0 aliphatic carbocycles. The summed E-state index contributed by atoms with van der Waals surface area (Å²) in [5, 5.41) is 16.1. The van der Waals surface area contributed by atoms with Gasteiger partial charge in [-0.05, 0) is 17.7 Å². The third-order valence-electron chi connectivity index (χ3n) is 2.45. The molecule has 1 aromatic heterocycles. The lowest BCUT2D eigenvalue weighted by atomic mass is 10.2. The minimum Gasteiger partial charge on any atom is -0.481 e. The normalized spacial score (nSPS) is 10.6. The quantitative estimate of drug-likeness (QED) is 0.893. The van der Waals surface area contributed by atoms with Gasteiger partial charge >= 0.3 is 5.97 Å². The van der Waals surface area contributed by atoms with Crippen LogP contribution in [0.25, 0.3) is 0 Å². The van der Waals surface area contributed by atoms with Crippen molar-refractivity contribution in [3.8, 4) is 0 Å². The van der Waals surface area contributed by atoms with Crippen LogP contribution in [0.4, 0.5) is 8.78 Å². The van der Waals surface area contributed by atoms with E-state index in [1.807, 2.05) is 0 Å². The minimum absolute atomic E-state index is 0.0344. The van der Waals surface area contributed by atoms with Crippen LogP contribution in [0.3, 0.4) is 0 Å². The molecule has 0 unspecified atom stereocenters. The van der Waals surface area contributed by atoms with Crippen LogP contribution in [0.15, 0.2) is 24.4 Å². The zero-order valence-electron chi connectivity index (χ0n) is 9.88. The van der Waals surface area contributed by atoms with E-state index in [0.717, 1.165) is 6.07 Å². The van der Waals surface area contributed by atoms with E-state index in [1.165, 1.54) is 16.8 Å². The number of carboxylic acid groups (broad SMARTS) is 1. The van der Waals surface area contributed by atoms with Gasteiger partial charge in [0.15, 0.2) is 0 Å². The predicted molar refractivity (Wildman–Crippen MR) is 61.4 cm³/mol. The van der Waals surface area contributed by atoms with Crippen molar-refractivity contribution in [3.63, 3.8) is 0 Å². The molecular formula is C12H11F2N3O2. The first kappa shape index (κ1) is 13.1. The molecule has 0 saturated heterocycles. The lowest BCUT2D eigenvalue weighted by Gasteiger charge is -2.01. The van der Waals surface area contributed by atoms with Gasteiger partial charge in [0, 0.05) is 18.7 Å². The second-order valence-corrected chi connectivity index (χ2v) is 4.08. The lowest BCUT2D eigenvalue weighted by Crippen LogP contribution is -2.01. The Labute approximate surface area is 107 Å². The molecule has 100 valence electrons. The molecule has 2 aromatic rings. The van der Waals surface area contributed by atoms with Crippen molar-refractivity contribution >= 4 is 5.97 Å². The summed E-state index contributed by atoms with van der Waals surface area (Å²) < 4.78 is 27.4. The number of benzene rings is 1. The number of aliphatic carboxylic acids is 1. The van der Waals surface area contributed by atoms with E-state index >= 15 is 0 Å². The molecule has 1 heterocycles. The molecule has 0 saturated carbocycles. The number of rotatable bonds is 5. The van der Waals surface area contributed by atoms with Gasteiger partial charge in [0.05, 0.1) is 18.7 Å². The number of hydrogen-bond acceptors (Lipinski definition) is 3. The van der Waals surface area contributed by atoms with Crippen LogP contribution < -0.4 is 0 Å². The summed E-state index contributed by atoms with van der Waals surface area (Å²) in [7, 11) is 0. The Morgan fingerprint density at radius 2 is 1.95 bits per heavy atom. The van der Waals surface area contributed by atoms with E-state index in [9.17, 15) is 13.6 Å². The Hall–Kier alpha value is -2.31. The van der Waals surface area contributed by atoms with E-state index in [1.54, 1.807) is 6.20 Å². The van der Waals surface area contributed by atoms with Crippen molar-refractivity contribution in [2.45, 2.75) is 19.4 Å². The van der Waals surface area contributed by atoms with Crippen molar-refractivity contribution in [2.24, 2.45) is 0 Å². The van der Waals surface area contributed by atoms with Crippen LogP contribution in [-0.2, 0) is 17.8 Å². The van der Waals surface area contributed by atoms with Crippen LogP contribution in [0, 0.1) is 11.6 Å². The Bertz CT molecular complexity index is 578. The minimum atomic E-state index is -0.915. The molecular weight excluding hydrogens is 256 g/mol. The molecule has 0 aliphatic heterocycles. The SMILES string of the molecule is O=C(O)CCc1cn(Cc2cc(F)cc(F)c2)nn1. The first-order valence-electron chi connectivity index (χ1n) is 5.59. The Morgan fingerprint density at radius 1 is 1.26 bits per heavy atom. The van der Waals surface area contributed by atoms with Crippen LogP contribution in [-0.4, -0.2) is 26.1 Å². The molecule has 0 spiro atoms. The monoisotopic (exact) mass is 267 g/mol. The van der Waals surface area contributed by atoms with E-state index in [0.29, 0.717) is 11.3 Å². The van der Waals surface area contributed by atoms with E-state index < -0.39 is 17.6 Å². The fraction of sp³-hybridized carbons (Fsp3) is 0.250. The summed E-state index contributed by atoms with van der Waals surface area (Å²) in [6.45, 7) is 0.175. The third kappa shape index (κ3) is 3.84. The number of aromatic nitrogens is 3. The maximum atomic E-state index is 13.0. The molecule has 19 heavy (non-hydrogen) atoms. The fourth-order valence-electron chi connectivity index (χ4n) is 1.65. The number of aryl methyl sites for hydroxylation is 1. The van der Waals surface area contributed by atoms with Crippen molar-refractivity contribution < 1.29 is 18.7 Å². The molecule has 0 fully saturated rings. The highest BCUT2D eigenvalue weighted by molar-refractivity contribution is 5.66. The second kappa shape index (κ2) is 5.55. The number of halogens is 2. The molecule has 1 aromatic carbocycles. The van der Waals surface area contributed by atoms with Crippen LogP contribution in [0.2, 0.25) is 0 Å². The number of carbonyl (C=O) groups is 1. The Balaban J connectivity index is 2.05. The average molecular weight is 267 g/mol. The van der Waals surface area contributed by atoms with Crippen LogP contribution in [0.1, 0.15) is 17.7 Å². The topological polar surface area (TPSA) is 68.0 Å². The number of nitrogens with zero attached hydrogens (tertiary/aromatic N) is 3. The predicted octanol–water partition coefficient (Wildman–Crippen LogP) is 1.62. The van der Waals surface area contributed by atoms with E-state index in [-0.39, 0.29) is 19.4 Å². The van der Waals surface area contributed by atoms with Gasteiger partial charge in [-0.25, -0.2) is 13.5 Å². The van der Waals surface area contributed by atoms with E-state index in [4.69, 9.17) is 5.11 Å². The molecule has 5 nitrogen and oxygen atoms in total. The summed E-state index contributed by atoms with van der Waals surface area (Å²) in [4.78, 5) is 10.4. The van der Waals surface area contributed by atoms with Crippen LogP contribution >= 0.6 is 0 Å². The molecule has 1 N–H and O–H groups in total. The first-order chi connectivity index (χ1) is 9.02. The van der Waals surface area contributed by atoms with Crippen LogP contribution in [0.5, 0.6) is 0 Å². The molecule has 0 aliphatic rings. The summed E-state index contributed by atoms with van der Waals surface area (Å²) >= 11 is 0. The molecule has 0 radical (unpaired) electrons. The highest BCUT2D eigenvalue weighted by Gasteiger charge is 2.06. The van der Waals surface area contributed by atoms with Crippen molar-refractivity contribution in [1.29, 1.82) is 0 Å². The number of hydrogen-bond donors (Lipinski definition) is 1. The summed E-state index contributed by atoms with van der Waals surface area (Å²) in [5.74, 6) is -2.22. The first-order valence-corrected chi connectivity index (χ1v) is 5.59. The fourth-order valence-corrected chi connectivity index (χ4v) is 1.65. The van der Waals surface area contributed by atoms with Gasteiger partial charge in [-0.15, -0.1) is 5.10 Å². The zero-order valence-corrected chi connectivity index (χ0v) is 9.88. The van der Waals surface area contributed by atoms with Gasteiger partial charge in [-0.2, -0.15) is 0 Å². The highest BCUT2D eigenvalue weighted by atomic mass is 19.1. The third-order valence-corrected chi connectivity index (χ3v) is 2.45. The maximum absolute atomic E-state index is 13.0. The van der Waals surface area contributed by atoms with Gasteiger partial charge < -0.3 is 5.11 Å². The Kier molecular flexibility index (Phi) is 3.84. The summed E-state index contributed by atoms with van der Waals surface area (Å²) in [6.07, 6.45) is 1.80. The zero-order chi connectivity index (χ0) is 13.8. The molecule has 0 amide bonds. The second-order valence-electron chi connectivity index (χ2n) is 4.08. The lowest BCUT2D eigenvalue weighted by molar-refractivity contribution is -0.136. The van der Waals surface area contributed by atoms with Gasteiger partial charge in [-0.1, -0.05) is 5.21 Å². The largest absolute Gasteiger partial charge is 0.481 e. The highest BCUT2D eigenvalue weighted by Crippen LogP contribution is 2.09. The molecule has 0 atom stereocenters. The Morgan fingerprint density at radius 3 is 2.58 bits per heavy atom. The average Bonchev–Trinajstić information content (AvgIpc) is 2.72. The summed E-state index contributed by atoms with van der Waals surface area (Å²) in [5.41, 5.74) is 0.950. The van der Waals surface area contributed by atoms with Gasteiger partial charge in [0.2, 0.25) is 0 Å². The van der Waals surface area contributed by atoms with Crippen molar-refractivity contribution in [2.75, 3.05) is 0 Å². The number of carboxylic acids is 1. The van der Waals surface area contributed by atoms with Gasteiger partial charge in [0.1, 0.15) is 11.6 Å². The standard InChI is InChI=1S/C12H11F2N3O2/c13-9-3-8(4-10(14)5-9)6-17-7-11(15-16-17)1-2-12(18)19/h3-5,7H,1-2,6H2,(H,18,19). The molecule has 7 heteroatoms. The smallest absolute Gasteiger partial charge is 0.303 e. The van der Waals surface area contributed by atoms with E-state index in [2.05, 4.69) is 10.3 Å². The van der Waals surface area contributed by atoms with Gasteiger partial charge in [-0.3, -0.25) is 4.79 Å². The van der Waals surface area contributed by atoms with Crippen molar-refractivity contribution in [1.82, 2.24) is 15.0 Å². The van der Waals surface area contributed by atoms with Gasteiger partial charge in [0.25, 0.3) is 0 Å². The molecule has 0 bridgehead atoms. The van der Waals surface area contributed by atoms with Crippen molar-refractivity contribution in [3.05, 3.63) is 47.3 Å².